The second-order valence-electron chi connectivity index (χ2n) is 3.85. The summed E-state index contributed by atoms with van der Waals surface area (Å²) in [5, 5.41) is 3.75. The van der Waals surface area contributed by atoms with Crippen molar-refractivity contribution in [2.75, 3.05) is 0 Å². The summed E-state index contributed by atoms with van der Waals surface area (Å²) in [6.45, 7) is 1.77. The van der Waals surface area contributed by atoms with E-state index < -0.39 is 10.0 Å². The van der Waals surface area contributed by atoms with Crippen molar-refractivity contribution < 1.29 is 8.42 Å². The van der Waals surface area contributed by atoms with Crippen molar-refractivity contribution in [3.63, 3.8) is 0 Å². The van der Waals surface area contributed by atoms with Gasteiger partial charge in [-0.05, 0) is 29.3 Å². The molecule has 1 atom stereocenters. The van der Waals surface area contributed by atoms with Crippen LogP contribution in [0.2, 0.25) is 5.15 Å². The summed E-state index contributed by atoms with van der Waals surface area (Å²) in [7, 11) is -2.07. The van der Waals surface area contributed by atoms with Crippen LogP contribution in [-0.4, -0.2) is 18.0 Å². The topological polar surface area (TPSA) is 64.0 Å². The predicted octanol–water partition coefficient (Wildman–Crippen LogP) is 2.17. The van der Waals surface area contributed by atoms with Gasteiger partial charge >= 0.3 is 0 Å². The zero-order valence-electron chi connectivity index (χ0n) is 9.79. The lowest BCUT2D eigenvalue weighted by Crippen LogP contribution is -2.27. The first kappa shape index (κ1) is 13.5. The molecule has 0 aliphatic heterocycles. The second kappa shape index (κ2) is 5.00. The van der Waals surface area contributed by atoms with Crippen molar-refractivity contribution in [1.82, 2.24) is 14.3 Å². The van der Waals surface area contributed by atoms with Crippen LogP contribution in [0, 0.1) is 0 Å². The first-order valence-electron chi connectivity index (χ1n) is 5.13. The molecule has 0 radical (unpaired) electrons. The highest BCUT2D eigenvalue weighted by Gasteiger charge is 2.24. The second-order valence-corrected chi connectivity index (χ2v) is 6.62. The number of halogens is 1. The summed E-state index contributed by atoms with van der Waals surface area (Å²) < 4.78 is 28.2. The van der Waals surface area contributed by atoms with Gasteiger partial charge < -0.3 is 4.57 Å². The highest BCUT2D eigenvalue weighted by molar-refractivity contribution is 7.89. The standard InChI is InChI=1S/C10H12ClN3O2S2/c1-7(8-3-4-17-5-8)13-18(15,16)10-9(11)14(2)6-12-10/h3-7,13H,1-2H3. The van der Waals surface area contributed by atoms with Gasteiger partial charge in [-0.1, -0.05) is 11.6 Å². The van der Waals surface area contributed by atoms with E-state index in [1.807, 2.05) is 16.8 Å². The normalized spacial score (nSPS) is 13.7. The van der Waals surface area contributed by atoms with Gasteiger partial charge in [-0.15, -0.1) is 0 Å². The van der Waals surface area contributed by atoms with E-state index in [1.165, 1.54) is 22.2 Å². The number of aromatic nitrogens is 2. The van der Waals surface area contributed by atoms with Crippen LogP contribution < -0.4 is 4.72 Å². The first-order chi connectivity index (χ1) is 8.42. The molecule has 0 spiro atoms. The maximum atomic E-state index is 12.1. The Hall–Kier alpha value is -0.890. The lowest BCUT2D eigenvalue weighted by atomic mass is 10.2. The Morgan fingerprint density at radius 1 is 1.56 bits per heavy atom. The molecular formula is C10H12ClN3O2S2. The number of aryl methyl sites for hydroxylation is 1. The first-order valence-corrected chi connectivity index (χ1v) is 7.93. The Bertz CT molecular complexity index is 634. The summed E-state index contributed by atoms with van der Waals surface area (Å²) in [6, 6.07) is 1.55. The van der Waals surface area contributed by atoms with Crippen molar-refractivity contribution in [3.05, 3.63) is 33.9 Å². The number of hydrogen-bond donors (Lipinski definition) is 1. The minimum atomic E-state index is -3.70. The van der Waals surface area contributed by atoms with Crippen molar-refractivity contribution in [2.24, 2.45) is 7.05 Å². The van der Waals surface area contributed by atoms with Gasteiger partial charge in [0.2, 0.25) is 5.03 Å². The fourth-order valence-electron chi connectivity index (χ4n) is 1.45. The van der Waals surface area contributed by atoms with Gasteiger partial charge in [0.05, 0.1) is 6.33 Å². The molecule has 0 aromatic carbocycles. The molecule has 0 saturated heterocycles. The van der Waals surface area contributed by atoms with Crippen molar-refractivity contribution >= 4 is 33.0 Å². The minimum Gasteiger partial charge on any atom is -0.324 e. The molecular weight excluding hydrogens is 294 g/mol. The molecule has 0 saturated carbocycles. The van der Waals surface area contributed by atoms with Gasteiger partial charge in [0, 0.05) is 13.1 Å². The molecule has 8 heteroatoms. The highest BCUT2D eigenvalue weighted by Crippen LogP contribution is 2.22. The van der Waals surface area contributed by atoms with E-state index in [9.17, 15) is 8.42 Å². The van der Waals surface area contributed by atoms with E-state index in [2.05, 4.69) is 9.71 Å². The number of sulfonamides is 1. The van der Waals surface area contributed by atoms with Crippen molar-refractivity contribution in [3.8, 4) is 0 Å². The van der Waals surface area contributed by atoms with Gasteiger partial charge in [-0.2, -0.15) is 11.3 Å². The fraction of sp³-hybridized carbons (Fsp3) is 0.300. The SMILES string of the molecule is CC(NS(=O)(=O)c1ncn(C)c1Cl)c1ccsc1. The third-order valence-electron chi connectivity index (χ3n) is 2.46. The Morgan fingerprint density at radius 3 is 2.78 bits per heavy atom. The molecule has 2 aromatic heterocycles. The molecule has 1 unspecified atom stereocenters. The number of thiophene rings is 1. The molecule has 5 nitrogen and oxygen atoms in total. The third-order valence-corrected chi connectivity index (χ3v) is 5.19. The predicted molar refractivity (Wildman–Crippen MR) is 71.3 cm³/mol. The van der Waals surface area contributed by atoms with Crippen LogP contribution in [0.3, 0.4) is 0 Å². The average Bonchev–Trinajstić information content (AvgIpc) is 2.89. The minimum absolute atomic E-state index is 0.0972. The van der Waals surface area contributed by atoms with E-state index in [4.69, 9.17) is 11.6 Å². The summed E-state index contributed by atoms with van der Waals surface area (Å²) in [5.41, 5.74) is 0.913. The zero-order chi connectivity index (χ0) is 13.3. The van der Waals surface area contributed by atoms with Crippen LogP contribution in [0.4, 0.5) is 0 Å². The smallest absolute Gasteiger partial charge is 0.261 e. The van der Waals surface area contributed by atoms with Crippen LogP contribution in [0.15, 0.2) is 28.2 Å². The molecule has 2 heterocycles. The number of nitrogens with one attached hydrogen (secondary N) is 1. The molecule has 0 bridgehead atoms. The monoisotopic (exact) mass is 305 g/mol. The molecule has 0 aliphatic rings. The summed E-state index contributed by atoms with van der Waals surface area (Å²) in [6.07, 6.45) is 1.37. The zero-order valence-corrected chi connectivity index (χ0v) is 12.2. The molecule has 98 valence electrons. The van der Waals surface area contributed by atoms with Gasteiger partial charge in [-0.25, -0.2) is 18.1 Å². The van der Waals surface area contributed by atoms with Crippen molar-refractivity contribution in [2.45, 2.75) is 18.0 Å². The molecule has 2 rings (SSSR count). The number of rotatable bonds is 4. The Labute approximate surface area is 114 Å². The molecule has 1 N–H and O–H groups in total. The van der Waals surface area contributed by atoms with Gasteiger partial charge in [0.25, 0.3) is 10.0 Å². The van der Waals surface area contributed by atoms with Crippen LogP contribution >= 0.6 is 22.9 Å². The highest BCUT2D eigenvalue weighted by atomic mass is 35.5. The molecule has 0 aliphatic carbocycles. The number of nitrogens with zero attached hydrogens (tertiary/aromatic N) is 2. The van der Waals surface area contributed by atoms with Gasteiger partial charge in [0.1, 0.15) is 5.15 Å². The average molecular weight is 306 g/mol. The lowest BCUT2D eigenvalue weighted by Gasteiger charge is -2.11. The van der Waals surface area contributed by atoms with Crippen LogP contribution in [0.5, 0.6) is 0 Å². The van der Waals surface area contributed by atoms with Crippen LogP contribution in [0.25, 0.3) is 0 Å². The Balaban J connectivity index is 2.25. The summed E-state index contributed by atoms with van der Waals surface area (Å²) >= 11 is 7.40. The molecule has 0 fully saturated rings. The van der Waals surface area contributed by atoms with Crippen molar-refractivity contribution in [1.29, 1.82) is 0 Å². The molecule has 0 amide bonds. The molecule has 2 aromatic rings. The van der Waals surface area contributed by atoms with E-state index in [-0.39, 0.29) is 16.2 Å². The number of hydrogen-bond acceptors (Lipinski definition) is 4. The number of imidazole rings is 1. The Kier molecular flexibility index (Phi) is 3.76. The summed E-state index contributed by atoms with van der Waals surface area (Å²) in [5.74, 6) is 0. The quantitative estimate of drug-likeness (QED) is 0.941. The van der Waals surface area contributed by atoms with E-state index in [0.717, 1.165) is 5.56 Å². The largest absolute Gasteiger partial charge is 0.324 e. The fourth-order valence-corrected chi connectivity index (χ4v) is 3.87. The van der Waals surface area contributed by atoms with Crippen LogP contribution in [0.1, 0.15) is 18.5 Å². The maximum absolute atomic E-state index is 12.1. The third kappa shape index (κ3) is 2.59. The van der Waals surface area contributed by atoms with E-state index >= 15 is 0 Å². The molecule has 18 heavy (non-hydrogen) atoms. The van der Waals surface area contributed by atoms with Gasteiger partial charge in [0.15, 0.2) is 0 Å². The maximum Gasteiger partial charge on any atom is 0.261 e. The van der Waals surface area contributed by atoms with Crippen LogP contribution in [-0.2, 0) is 17.1 Å². The van der Waals surface area contributed by atoms with E-state index in [1.54, 1.807) is 14.0 Å². The lowest BCUT2D eigenvalue weighted by molar-refractivity contribution is 0.564. The summed E-state index contributed by atoms with van der Waals surface area (Å²) in [4.78, 5) is 3.80. The van der Waals surface area contributed by atoms with E-state index in [0.29, 0.717) is 0 Å². The van der Waals surface area contributed by atoms with Gasteiger partial charge in [-0.3, -0.25) is 0 Å². The Morgan fingerprint density at radius 2 is 2.28 bits per heavy atom.